The monoisotopic (exact) mass is 266 g/mol. The largest absolute Gasteiger partial charge is 0.497 e. The summed E-state index contributed by atoms with van der Waals surface area (Å²) in [7, 11) is 3.22. The number of benzene rings is 2. The number of ketones is 1. The summed E-state index contributed by atoms with van der Waals surface area (Å²) in [5.74, 6) is 1.45. The fourth-order valence-corrected chi connectivity index (χ4v) is 2.47. The molecule has 3 heteroatoms. The summed E-state index contributed by atoms with van der Waals surface area (Å²) >= 11 is 0. The maximum Gasteiger partial charge on any atom is 0.187 e. The Labute approximate surface area is 117 Å². The molecule has 0 bridgehead atoms. The Hall–Kier alpha value is -2.55. The maximum absolute atomic E-state index is 12.1. The molecule has 0 aliphatic heterocycles. The summed E-state index contributed by atoms with van der Waals surface area (Å²) in [6, 6.07) is 13.2. The first-order valence-electron chi connectivity index (χ1n) is 6.32. The summed E-state index contributed by atoms with van der Waals surface area (Å²) in [5.41, 5.74) is 3.41. The van der Waals surface area contributed by atoms with Crippen LogP contribution in [0, 0.1) is 0 Å². The molecule has 0 radical (unpaired) electrons. The predicted octanol–water partition coefficient (Wildman–Crippen LogP) is 3.33. The van der Waals surface area contributed by atoms with Gasteiger partial charge in [0.05, 0.1) is 14.2 Å². The zero-order valence-electron chi connectivity index (χ0n) is 11.3. The zero-order chi connectivity index (χ0) is 14.1. The van der Waals surface area contributed by atoms with Crippen LogP contribution in [0.1, 0.15) is 21.5 Å². The van der Waals surface area contributed by atoms with Gasteiger partial charge >= 0.3 is 0 Å². The van der Waals surface area contributed by atoms with Crippen LogP contribution in [0.4, 0.5) is 0 Å². The molecule has 2 aromatic rings. The molecule has 0 saturated heterocycles. The van der Waals surface area contributed by atoms with Gasteiger partial charge in [0.15, 0.2) is 5.78 Å². The minimum Gasteiger partial charge on any atom is -0.497 e. The molecular weight excluding hydrogens is 252 g/mol. The number of hydrogen-bond donors (Lipinski definition) is 0. The van der Waals surface area contributed by atoms with E-state index >= 15 is 0 Å². The second-order valence-corrected chi connectivity index (χ2v) is 4.53. The van der Waals surface area contributed by atoms with Crippen LogP contribution < -0.4 is 9.47 Å². The molecule has 3 rings (SSSR count). The summed E-state index contributed by atoms with van der Waals surface area (Å²) in [6.07, 6.45) is 1.65. The zero-order valence-corrected chi connectivity index (χ0v) is 11.3. The quantitative estimate of drug-likeness (QED) is 0.854. The third kappa shape index (κ3) is 1.88. The van der Waals surface area contributed by atoms with E-state index in [1.807, 2.05) is 36.4 Å². The number of carbonyl (C=O) groups excluding carboxylic acids is 1. The summed E-state index contributed by atoms with van der Waals surface area (Å²) in [4.78, 5) is 12.1. The van der Waals surface area contributed by atoms with Crippen LogP contribution >= 0.6 is 0 Å². The summed E-state index contributed by atoms with van der Waals surface area (Å²) < 4.78 is 10.5. The molecule has 0 unspecified atom stereocenters. The van der Waals surface area contributed by atoms with Crippen molar-refractivity contribution in [2.75, 3.05) is 14.2 Å². The minimum atomic E-state index is -0.000180. The number of allylic oxidation sites excluding steroid dienone is 1. The van der Waals surface area contributed by atoms with E-state index in [9.17, 15) is 4.79 Å². The molecule has 20 heavy (non-hydrogen) atoms. The van der Waals surface area contributed by atoms with Gasteiger partial charge in [-0.05, 0) is 41.5 Å². The topological polar surface area (TPSA) is 35.5 Å². The highest BCUT2D eigenvalue weighted by molar-refractivity contribution is 6.19. The molecule has 0 fully saturated rings. The van der Waals surface area contributed by atoms with Gasteiger partial charge in [-0.1, -0.05) is 18.2 Å². The molecule has 0 aromatic heterocycles. The van der Waals surface area contributed by atoms with Crippen molar-refractivity contribution in [2.24, 2.45) is 0 Å². The van der Waals surface area contributed by atoms with E-state index in [-0.39, 0.29) is 5.78 Å². The lowest BCUT2D eigenvalue weighted by Crippen LogP contribution is -1.94. The van der Waals surface area contributed by atoms with Crippen molar-refractivity contribution < 1.29 is 14.3 Å². The summed E-state index contributed by atoms with van der Waals surface area (Å²) in [6.45, 7) is 0. The van der Waals surface area contributed by atoms with Gasteiger partial charge in [0.2, 0.25) is 0 Å². The third-order valence-corrected chi connectivity index (χ3v) is 3.45. The van der Waals surface area contributed by atoms with Crippen LogP contribution in [0.5, 0.6) is 11.5 Å². The fraction of sp³-hybridized carbons (Fsp3) is 0.118. The van der Waals surface area contributed by atoms with Crippen LogP contribution in [0.25, 0.3) is 5.57 Å². The van der Waals surface area contributed by atoms with Crippen LogP contribution in [0.15, 0.2) is 48.5 Å². The normalized spacial score (nSPS) is 12.9. The summed E-state index contributed by atoms with van der Waals surface area (Å²) in [5, 5.41) is 0. The molecular formula is C17H14O3. The van der Waals surface area contributed by atoms with E-state index in [4.69, 9.17) is 9.47 Å². The average Bonchev–Trinajstić information content (AvgIpc) is 2.83. The van der Waals surface area contributed by atoms with E-state index in [1.165, 1.54) is 0 Å². The third-order valence-electron chi connectivity index (χ3n) is 3.45. The predicted molar refractivity (Wildman–Crippen MR) is 77.4 cm³/mol. The molecule has 1 aliphatic carbocycles. The number of methoxy groups -OCH3 is 2. The van der Waals surface area contributed by atoms with Crippen LogP contribution in [-0.2, 0) is 0 Å². The molecule has 0 amide bonds. The van der Waals surface area contributed by atoms with Crippen molar-refractivity contribution in [3.63, 3.8) is 0 Å². The van der Waals surface area contributed by atoms with Gasteiger partial charge in [-0.3, -0.25) is 4.79 Å². The molecule has 0 saturated carbocycles. The smallest absolute Gasteiger partial charge is 0.187 e. The van der Waals surface area contributed by atoms with Crippen LogP contribution in [0.2, 0.25) is 0 Å². The first-order chi connectivity index (χ1) is 9.74. The highest BCUT2D eigenvalue weighted by Gasteiger charge is 2.24. The van der Waals surface area contributed by atoms with Crippen LogP contribution in [0.3, 0.4) is 0 Å². The number of fused-ring (bicyclic) bond motifs is 1. The van der Waals surface area contributed by atoms with Crippen molar-refractivity contribution in [2.45, 2.75) is 0 Å². The Balaban J connectivity index is 2.15. The molecule has 0 spiro atoms. The Bertz CT molecular complexity index is 714. The lowest BCUT2D eigenvalue weighted by atomic mass is 9.98. The van der Waals surface area contributed by atoms with Gasteiger partial charge in [0.25, 0.3) is 0 Å². The number of ether oxygens (including phenoxy) is 2. The minimum absolute atomic E-state index is 0.000180. The van der Waals surface area contributed by atoms with Gasteiger partial charge in [0, 0.05) is 11.1 Å². The van der Waals surface area contributed by atoms with Gasteiger partial charge in [0.1, 0.15) is 11.5 Å². The van der Waals surface area contributed by atoms with Crippen molar-refractivity contribution in [3.8, 4) is 11.5 Å². The number of hydrogen-bond acceptors (Lipinski definition) is 3. The van der Waals surface area contributed by atoms with E-state index < -0.39 is 0 Å². The molecule has 2 aromatic carbocycles. The van der Waals surface area contributed by atoms with Crippen LogP contribution in [-0.4, -0.2) is 20.0 Å². The molecule has 1 aliphatic rings. The lowest BCUT2D eigenvalue weighted by molar-refractivity contribution is 0.104. The average molecular weight is 266 g/mol. The molecule has 100 valence electrons. The van der Waals surface area contributed by atoms with Crippen molar-refractivity contribution in [1.82, 2.24) is 0 Å². The van der Waals surface area contributed by atoms with Crippen molar-refractivity contribution in [3.05, 3.63) is 65.2 Å². The van der Waals surface area contributed by atoms with Gasteiger partial charge < -0.3 is 9.47 Å². The lowest BCUT2D eigenvalue weighted by Gasteiger charge is -2.11. The molecule has 0 N–H and O–H groups in total. The standard InChI is InChI=1S/C17H14O3/c1-19-11-7-8-12-14(10-16(18)15(12)9-11)13-5-3-4-6-17(13)20-2/h3-10H,1-2H3. The van der Waals surface area contributed by atoms with Crippen molar-refractivity contribution >= 4 is 11.4 Å². The van der Waals surface area contributed by atoms with E-state index in [1.54, 1.807) is 26.4 Å². The second-order valence-electron chi connectivity index (χ2n) is 4.53. The van der Waals surface area contributed by atoms with Gasteiger partial charge in [-0.2, -0.15) is 0 Å². The van der Waals surface area contributed by atoms with Gasteiger partial charge in [-0.25, -0.2) is 0 Å². The number of rotatable bonds is 3. The Kier molecular flexibility index (Phi) is 3.03. The molecule has 3 nitrogen and oxygen atoms in total. The van der Waals surface area contributed by atoms with E-state index in [0.29, 0.717) is 11.3 Å². The highest BCUT2D eigenvalue weighted by Crippen LogP contribution is 2.38. The van der Waals surface area contributed by atoms with E-state index in [2.05, 4.69) is 0 Å². The van der Waals surface area contributed by atoms with Gasteiger partial charge in [-0.15, -0.1) is 0 Å². The fourth-order valence-electron chi connectivity index (χ4n) is 2.47. The molecule has 0 heterocycles. The number of carbonyl (C=O) groups is 1. The number of para-hydroxylation sites is 1. The van der Waals surface area contributed by atoms with Crippen molar-refractivity contribution in [1.29, 1.82) is 0 Å². The maximum atomic E-state index is 12.1. The Morgan fingerprint density at radius 2 is 1.65 bits per heavy atom. The highest BCUT2D eigenvalue weighted by atomic mass is 16.5. The SMILES string of the molecule is COc1ccc2c(c1)C(=O)C=C2c1ccccc1OC. The second kappa shape index (κ2) is 4.85. The molecule has 0 atom stereocenters. The Morgan fingerprint density at radius 1 is 0.850 bits per heavy atom. The first kappa shape index (κ1) is 12.5. The Morgan fingerprint density at radius 3 is 2.40 bits per heavy atom. The van der Waals surface area contributed by atoms with E-state index in [0.717, 1.165) is 22.4 Å². The first-order valence-corrected chi connectivity index (χ1v) is 6.32.